The van der Waals surface area contributed by atoms with Crippen LogP contribution in [0.1, 0.15) is 56.3 Å². The number of nitrogens with two attached hydrogens (primary N) is 1. The van der Waals surface area contributed by atoms with Crippen LogP contribution >= 0.6 is 0 Å². The van der Waals surface area contributed by atoms with Crippen LogP contribution in [-0.4, -0.2) is 18.1 Å². The summed E-state index contributed by atoms with van der Waals surface area (Å²) in [6, 6.07) is 5.50. The molecule has 110 valence electrons. The normalized spacial score (nSPS) is 16.1. The minimum Gasteiger partial charge on any atom is -0.490 e. The number of nitrogen functional groups attached to an aromatic ring is 1. The Balaban J connectivity index is 2.12. The van der Waals surface area contributed by atoms with Gasteiger partial charge in [0.2, 0.25) is 0 Å². The molecule has 0 spiro atoms. The van der Waals surface area contributed by atoms with Gasteiger partial charge in [0.05, 0.1) is 11.7 Å². The molecule has 20 heavy (non-hydrogen) atoms. The van der Waals surface area contributed by atoms with Crippen LogP contribution in [0.15, 0.2) is 18.2 Å². The van der Waals surface area contributed by atoms with Crippen molar-refractivity contribution in [1.82, 2.24) is 5.32 Å². The highest BCUT2D eigenvalue weighted by atomic mass is 16.5. The zero-order chi connectivity index (χ0) is 14.5. The summed E-state index contributed by atoms with van der Waals surface area (Å²) in [6.45, 7) is 3.89. The van der Waals surface area contributed by atoms with Gasteiger partial charge in [-0.25, -0.2) is 0 Å². The molecule has 2 rings (SSSR count). The Bertz CT molecular complexity index is 466. The van der Waals surface area contributed by atoms with E-state index in [2.05, 4.69) is 5.32 Å². The number of rotatable bonds is 4. The van der Waals surface area contributed by atoms with Gasteiger partial charge in [-0.15, -0.1) is 0 Å². The summed E-state index contributed by atoms with van der Waals surface area (Å²) in [4.78, 5) is 12.4. The molecular formula is C16H24N2O2. The molecule has 0 saturated heterocycles. The Labute approximate surface area is 120 Å². The van der Waals surface area contributed by atoms with Crippen molar-refractivity contribution < 1.29 is 9.53 Å². The number of hydrogen-bond acceptors (Lipinski definition) is 3. The molecule has 0 bridgehead atoms. The van der Waals surface area contributed by atoms with Gasteiger partial charge in [0.1, 0.15) is 5.75 Å². The van der Waals surface area contributed by atoms with Gasteiger partial charge in [0, 0.05) is 11.7 Å². The first-order valence-electron chi connectivity index (χ1n) is 7.43. The minimum absolute atomic E-state index is 0.0276. The van der Waals surface area contributed by atoms with Crippen molar-refractivity contribution in [2.75, 3.05) is 5.73 Å². The maximum Gasteiger partial charge on any atom is 0.255 e. The number of hydrogen-bond donors (Lipinski definition) is 2. The third kappa shape index (κ3) is 3.89. The predicted octanol–water partition coefficient (Wildman–Crippen LogP) is 3.12. The van der Waals surface area contributed by atoms with Crippen LogP contribution in [0.2, 0.25) is 0 Å². The van der Waals surface area contributed by atoms with E-state index < -0.39 is 0 Å². The van der Waals surface area contributed by atoms with Crippen LogP contribution in [0, 0.1) is 0 Å². The van der Waals surface area contributed by atoms with E-state index in [0.717, 1.165) is 12.8 Å². The summed E-state index contributed by atoms with van der Waals surface area (Å²) in [5.74, 6) is 0.516. The molecule has 4 heteroatoms. The molecule has 1 aromatic carbocycles. The Hall–Kier alpha value is -1.71. The number of carbonyl (C=O) groups is 1. The Kier molecular flexibility index (Phi) is 4.88. The maximum atomic E-state index is 12.4. The van der Waals surface area contributed by atoms with E-state index in [1.54, 1.807) is 18.2 Å². The number of ether oxygens (including phenoxy) is 1. The predicted molar refractivity (Wildman–Crippen MR) is 81.0 cm³/mol. The molecule has 0 radical (unpaired) electrons. The lowest BCUT2D eigenvalue weighted by atomic mass is 9.95. The summed E-state index contributed by atoms with van der Waals surface area (Å²) < 4.78 is 5.69. The largest absolute Gasteiger partial charge is 0.490 e. The first-order chi connectivity index (χ1) is 9.56. The molecule has 1 aromatic rings. The quantitative estimate of drug-likeness (QED) is 0.830. The molecule has 1 amide bonds. The molecule has 0 heterocycles. The van der Waals surface area contributed by atoms with Crippen LogP contribution in [-0.2, 0) is 0 Å². The van der Waals surface area contributed by atoms with E-state index >= 15 is 0 Å². The van der Waals surface area contributed by atoms with E-state index in [1.165, 1.54) is 19.3 Å². The first-order valence-corrected chi connectivity index (χ1v) is 7.43. The van der Waals surface area contributed by atoms with E-state index in [4.69, 9.17) is 10.5 Å². The maximum absolute atomic E-state index is 12.4. The van der Waals surface area contributed by atoms with Crippen molar-refractivity contribution in [3.05, 3.63) is 23.8 Å². The van der Waals surface area contributed by atoms with E-state index in [1.807, 2.05) is 13.8 Å². The lowest BCUT2D eigenvalue weighted by Crippen LogP contribution is -2.36. The molecule has 0 aliphatic heterocycles. The minimum atomic E-state index is -0.0835. The zero-order valence-electron chi connectivity index (χ0n) is 12.3. The van der Waals surface area contributed by atoms with Gasteiger partial charge in [-0.1, -0.05) is 19.3 Å². The smallest absolute Gasteiger partial charge is 0.255 e. The van der Waals surface area contributed by atoms with Gasteiger partial charge in [0.15, 0.2) is 0 Å². The van der Waals surface area contributed by atoms with E-state index in [9.17, 15) is 4.79 Å². The average Bonchev–Trinajstić information content (AvgIpc) is 2.41. The summed E-state index contributed by atoms with van der Waals surface area (Å²) in [5, 5.41) is 3.10. The monoisotopic (exact) mass is 276 g/mol. The van der Waals surface area contributed by atoms with Crippen molar-refractivity contribution in [2.24, 2.45) is 0 Å². The highest BCUT2D eigenvalue weighted by Crippen LogP contribution is 2.24. The van der Waals surface area contributed by atoms with Gasteiger partial charge >= 0.3 is 0 Å². The standard InChI is InChI=1S/C16H24N2O2/c1-11(2)20-15-9-8-12(17)10-14(15)16(19)18-13-6-4-3-5-7-13/h8-11,13H,3-7,17H2,1-2H3,(H,18,19). The Morgan fingerprint density at radius 2 is 2.00 bits per heavy atom. The van der Waals surface area contributed by atoms with E-state index in [0.29, 0.717) is 17.0 Å². The molecule has 1 aliphatic rings. The number of amides is 1. The second-order valence-electron chi connectivity index (χ2n) is 5.73. The van der Waals surface area contributed by atoms with Gasteiger partial charge < -0.3 is 15.8 Å². The highest BCUT2D eigenvalue weighted by Gasteiger charge is 2.19. The van der Waals surface area contributed by atoms with E-state index in [-0.39, 0.29) is 18.1 Å². The van der Waals surface area contributed by atoms with Crippen LogP contribution in [0.3, 0.4) is 0 Å². The van der Waals surface area contributed by atoms with Crippen molar-refractivity contribution in [1.29, 1.82) is 0 Å². The fraction of sp³-hybridized carbons (Fsp3) is 0.562. The Morgan fingerprint density at radius 3 is 2.65 bits per heavy atom. The van der Waals surface area contributed by atoms with Crippen LogP contribution in [0.4, 0.5) is 5.69 Å². The van der Waals surface area contributed by atoms with Gasteiger partial charge in [-0.2, -0.15) is 0 Å². The summed E-state index contributed by atoms with van der Waals surface area (Å²) in [7, 11) is 0. The number of benzene rings is 1. The third-order valence-electron chi connectivity index (χ3n) is 3.55. The lowest BCUT2D eigenvalue weighted by Gasteiger charge is -2.23. The first kappa shape index (κ1) is 14.7. The van der Waals surface area contributed by atoms with Crippen LogP contribution in [0.5, 0.6) is 5.75 Å². The molecule has 4 nitrogen and oxygen atoms in total. The number of nitrogens with one attached hydrogen (secondary N) is 1. The third-order valence-corrected chi connectivity index (χ3v) is 3.55. The summed E-state index contributed by atoms with van der Waals surface area (Å²) >= 11 is 0. The second-order valence-corrected chi connectivity index (χ2v) is 5.73. The molecule has 1 fully saturated rings. The number of carbonyl (C=O) groups excluding carboxylic acids is 1. The number of anilines is 1. The average molecular weight is 276 g/mol. The van der Waals surface area contributed by atoms with Crippen LogP contribution < -0.4 is 15.8 Å². The summed E-state index contributed by atoms with van der Waals surface area (Å²) in [6.07, 6.45) is 5.81. The molecule has 0 aromatic heterocycles. The summed E-state index contributed by atoms with van der Waals surface area (Å²) in [5.41, 5.74) is 6.90. The second kappa shape index (κ2) is 6.64. The SMILES string of the molecule is CC(C)Oc1ccc(N)cc1C(=O)NC1CCCCC1. The fourth-order valence-corrected chi connectivity index (χ4v) is 2.59. The topological polar surface area (TPSA) is 64.3 Å². The van der Waals surface area contributed by atoms with Crippen LogP contribution in [0.25, 0.3) is 0 Å². The Morgan fingerprint density at radius 1 is 1.30 bits per heavy atom. The molecule has 3 N–H and O–H groups in total. The van der Waals surface area contributed by atoms with Crippen molar-refractivity contribution >= 4 is 11.6 Å². The lowest BCUT2D eigenvalue weighted by molar-refractivity contribution is 0.0922. The van der Waals surface area contributed by atoms with Crippen molar-refractivity contribution in [3.8, 4) is 5.75 Å². The molecule has 1 saturated carbocycles. The van der Waals surface area contributed by atoms with Gasteiger partial charge in [0.25, 0.3) is 5.91 Å². The molecular weight excluding hydrogens is 252 g/mol. The highest BCUT2D eigenvalue weighted by molar-refractivity contribution is 5.98. The van der Waals surface area contributed by atoms with Gasteiger partial charge in [-0.05, 0) is 44.9 Å². The molecule has 1 aliphatic carbocycles. The molecule has 0 unspecified atom stereocenters. The molecule has 0 atom stereocenters. The van der Waals surface area contributed by atoms with Gasteiger partial charge in [-0.3, -0.25) is 4.79 Å². The van der Waals surface area contributed by atoms with Crippen molar-refractivity contribution in [2.45, 2.75) is 58.1 Å². The van der Waals surface area contributed by atoms with Crippen molar-refractivity contribution in [3.63, 3.8) is 0 Å². The fourth-order valence-electron chi connectivity index (χ4n) is 2.59. The zero-order valence-corrected chi connectivity index (χ0v) is 12.3.